The van der Waals surface area contributed by atoms with Crippen LogP contribution in [0.2, 0.25) is 0 Å². The van der Waals surface area contributed by atoms with Crippen LogP contribution in [0.15, 0.2) is 48.7 Å². The van der Waals surface area contributed by atoms with Gasteiger partial charge in [-0.15, -0.1) is 0 Å². The van der Waals surface area contributed by atoms with E-state index in [1.54, 1.807) is 6.20 Å². The molecule has 0 radical (unpaired) electrons. The number of aromatic nitrogens is 1. The molecule has 30 heavy (non-hydrogen) atoms. The number of hydrogen-bond donors (Lipinski definition) is 1. The van der Waals surface area contributed by atoms with Gasteiger partial charge in [0.15, 0.2) is 0 Å². The van der Waals surface area contributed by atoms with Crippen LogP contribution in [0.4, 0.5) is 5.82 Å². The van der Waals surface area contributed by atoms with Crippen LogP contribution in [0.5, 0.6) is 0 Å². The molecule has 3 atom stereocenters. The van der Waals surface area contributed by atoms with Crippen molar-refractivity contribution >= 4 is 11.7 Å². The summed E-state index contributed by atoms with van der Waals surface area (Å²) in [6.45, 7) is 3.44. The lowest BCUT2D eigenvalue weighted by molar-refractivity contribution is -0.0631. The third kappa shape index (κ3) is 3.49. The fourth-order valence-electron chi connectivity index (χ4n) is 5.78. The number of rotatable bonds is 3. The van der Waals surface area contributed by atoms with Gasteiger partial charge in [-0.25, -0.2) is 4.98 Å². The highest BCUT2D eigenvalue weighted by atomic mass is 16.3. The Morgan fingerprint density at radius 1 is 1.00 bits per heavy atom. The fraction of sp³-hybridized carbons (Fsp3) is 0.520. The maximum atomic E-state index is 12.7. The molecule has 1 aliphatic carbocycles. The second-order valence-electron chi connectivity index (χ2n) is 9.21. The zero-order valence-corrected chi connectivity index (χ0v) is 17.5. The number of carbonyl (C=O) groups is 1. The molecule has 1 aromatic carbocycles. The molecule has 3 fully saturated rings. The molecular weight excluding hydrogens is 374 g/mol. The van der Waals surface area contributed by atoms with Gasteiger partial charge in [-0.1, -0.05) is 30.3 Å². The molecule has 1 aromatic heterocycles. The first-order valence-electron chi connectivity index (χ1n) is 11.4. The van der Waals surface area contributed by atoms with E-state index >= 15 is 0 Å². The van der Waals surface area contributed by atoms with Crippen molar-refractivity contribution in [3.05, 3.63) is 59.8 Å². The largest absolute Gasteiger partial charge is 0.385 e. The monoisotopic (exact) mass is 405 g/mol. The van der Waals surface area contributed by atoms with Crippen molar-refractivity contribution in [2.24, 2.45) is 11.8 Å². The number of nitrogens with zero attached hydrogens (tertiary/aromatic N) is 3. The zero-order valence-electron chi connectivity index (χ0n) is 17.5. The van der Waals surface area contributed by atoms with E-state index < -0.39 is 5.60 Å². The van der Waals surface area contributed by atoms with E-state index in [9.17, 15) is 9.90 Å². The van der Waals surface area contributed by atoms with E-state index in [0.29, 0.717) is 11.5 Å². The standard InChI is InChI=1S/C25H31N3O2/c29-24(27-14-5-2-6-15-27)19-11-12-23(26-16-19)28-17-20-8-7-13-25(30,22(20)18-28)21-9-3-1-4-10-21/h1,3-4,9-12,16,20,22,30H,2,5-8,13-15,17-18H2/t20-,22+,25+/m1/s1. The van der Waals surface area contributed by atoms with Crippen molar-refractivity contribution in [2.45, 2.75) is 44.1 Å². The topological polar surface area (TPSA) is 56.7 Å². The van der Waals surface area contributed by atoms with E-state index in [1.807, 2.05) is 35.2 Å². The minimum atomic E-state index is -0.761. The number of pyridine rings is 1. The molecule has 158 valence electrons. The van der Waals surface area contributed by atoms with Crippen LogP contribution >= 0.6 is 0 Å². The third-order valence-electron chi connectivity index (χ3n) is 7.42. The van der Waals surface area contributed by atoms with Crippen LogP contribution in [0.3, 0.4) is 0 Å². The molecule has 1 amide bonds. The number of aliphatic hydroxyl groups is 1. The Balaban J connectivity index is 1.32. The smallest absolute Gasteiger partial charge is 0.255 e. The summed E-state index contributed by atoms with van der Waals surface area (Å²) in [5.74, 6) is 1.70. The summed E-state index contributed by atoms with van der Waals surface area (Å²) >= 11 is 0. The van der Waals surface area contributed by atoms with Crippen molar-refractivity contribution in [3.63, 3.8) is 0 Å². The number of fused-ring (bicyclic) bond motifs is 1. The Bertz CT molecular complexity index is 879. The number of hydrogen-bond acceptors (Lipinski definition) is 4. The predicted molar refractivity (Wildman–Crippen MR) is 117 cm³/mol. The van der Waals surface area contributed by atoms with Gasteiger partial charge in [0.2, 0.25) is 0 Å². The van der Waals surface area contributed by atoms with Crippen LogP contribution in [0.25, 0.3) is 0 Å². The summed E-state index contributed by atoms with van der Waals surface area (Å²) in [4.78, 5) is 21.6. The summed E-state index contributed by atoms with van der Waals surface area (Å²) in [5, 5.41) is 11.6. The van der Waals surface area contributed by atoms with Gasteiger partial charge in [-0.2, -0.15) is 0 Å². The third-order valence-corrected chi connectivity index (χ3v) is 7.42. The maximum Gasteiger partial charge on any atom is 0.255 e. The molecule has 3 heterocycles. The second kappa shape index (κ2) is 8.03. The first-order chi connectivity index (χ1) is 14.6. The lowest BCUT2D eigenvalue weighted by atomic mass is 9.67. The molecule has 3 aliphatic rings. The van der Waals surface area contributed by atoms with E-state index in [-0.39, 0.29) is 11.8 Å². The Hall–Kier alpha value is -2.40. The normalized spacial score (nSPS) is 29.0. The number of anilines is 1. The van der Waals surface area contributed by atoms with Gasteiger partial charge >= 0.3 is 0 Å². The van der Waals surface area contributed by atoms with Crippen LogP contribution < -0.4 is 4.90 Å². The van der Waals surface area contributed by atoms with Crippen LogP contribution in [-0.2, 0) is 5.60 Å². The summed E-state index contributed by atoms with van der Waals surface area (Å²) < 4.78 is 0. The summed E-state index contributed by atoms with van der Waals surface area (Å²) in [6.07, 6.45) is 8.17. The van der Waals surface area contributed by atoms with Gasteiger partial charge in [0.1, 0.15) is 5.82 Å². The molecular formula is C25H31N3O2. The molecule has 0 unspecified atom stereocenters. The molecule has 2 aliphatic heterocycles. The lowest BCUT2D eigenvalue weighted by Gasteiger charge is -2.41. The van der Waals surface area contributed by atoms with Gasteiger partial charge in [-0.3, -0.25) is 4.79 Å². The van der Waals surface area contributed by atoms with Gasteiger partial charge in [0, 0.05) is 38.3 Å². The average molecular weight is 406 g/mol. The van der Waals surface area contributed by atoms with Crippen LogP contribution in [0.1, 0.15) is 54.4 Å². The summed E-state index contributed by atoms with van der Waals surface area (Å²) in [7, 11) is 0. The minimum absolute atomic E-state index is 0.0993. The van der Waals surface area contributed by atoms with Gasteiger partial charge in [0.25, 0.3) is 5.91 Å². The first-order valence-corrected chi connectivity index (χ1v) is 11.4. The SMILES string of the molecule is O=C(c1ccc(N2C[C@H]3CCC[C@](O)(c4ccccc4)[C@H]3C2)nc1)N1CCCCC1. The van der Waals surface area contributed by atoms with Crippen molar-refractivity contribution in [1.29, 1.82) is 0 Å². The van der Waals surface area contributed by atoms with E-state index in [4.69, 9.17) is 0 Å². The highest BCUT2D eigenvalue weighted by Gasteiger charge is 2.49. The van der Waals surface area contributed by atoms with Crippen LogP contribution in [-0.4, -0.2) is 47.1 Å². The fourth-order valence-corrected chi connectivity index (χ4v) is 5.78. The number of piperidine rings is 1. The minimum Gasteiger partial charge on any atom is -0.385 e. The highest BCUT2D eigenvalue weighted by Crippen LogP contribution is 2.48. The number of likely N-dealkylation sites (tertiary alicyclic amines) is 1. The molecule has 5 nitrogen and oxygen atoms in total. The molecule has 5 rings (SSSR count). The van der Waals surface area contributed by atoms with Crippen LogP contribution in [0, 0.1) is 11.8 Å². The van der Waals surface area contributed by atoms with Gasteiger partial charge in [-0.05, 0) is 62.1 Å². The summed E-state index contributed by atoms with van der Waals surface area (Å²) in [6, 6.07) is 14.1. The van der Waals surface area contributed by atoms with E-state index in [2.05, 4.69) is 22.0 Å². The first kappa shape index (κ1) is 19.6. The number of carbonyl (C=O) groups excluding carboxylic acids is 1. The van der Waals surface area contributed by atoms with Gasteiger partial charge < -0.3 is 14.9 Å². The Labute approximate surface area is 178 Å². The Morgan fingerprint density at radius 2 is 1.80 bits per heavy atom. The lowest BCUT2D eigenvalue weighted by Crippen LogP contribution is -2.42. The van der Waals surface area contributed by atoms with E-state index in [0.717, 1.165) is 69.7 Å². The number of benzene rings is 1. The number of amides is 1. The zero-order chi connectivity index (χ0) is 20.6. The molecule has 2 aromatic rings. The Kier molecular flexibility index (Phi) is 5.23. The molecule has 0 spiro atoms. The molecule has 1 saturated carbocycles. The Morgan fingerprint density at radius 3 is 2.53 bits per heavy atom. The van der Waals surface area contributed by atoms with Crippen molar-refractivity contribution in [3.8, 4) is 0 Å². The molecule has 1 N–H and O–H groups in total. The average Bonchev–Trinajstić information content (AvgIpc) is 3.26. The van der Waals surface area contributed by atoms with E-state index in [1.165, 1.54) is 6.42 Å². The van der Waals surface area contributed by atoms with Gasteiger partial charge in [0.05, 0.1) is 11.2 Å². The predicted octanol–water partition coefficient (Wildman–Crippen LogP) is 3.83. The van der Waals surface area contributed by atoms with Crippen molar-refractivity contribution < 1.29 is 9.90 Å². The van der Waals surface area contributed by atoms with Crippen molar-refractivity contribution in [2.75, 3.05) is 31.1 Å². The second-order valence-corrected chi connectivity index (χ2v) is 9.21. The maximum absolute atomic E-state index is 12.7. The van der Waals surface area contributed by atoms with Crippen molar-refractivity contribution in [1.82, 2.24) is 9.88 Å². The summed E-state index contributed by atoms with van der Waals surface area (Å²) in [5.41, 5.74) is 0.957. The molecule has 2 saturated heterocycles. The quantitative estimate of drug-likeness (QED) is 0.843. The highest BCUT2D eigenvalue weighted by molar-refractivity contribution is 5.94. The molecule has 5 heteroatoms. The molecule has 0 bridgehead atoms.